The lowest BCUT2D eigenvalue weighted by Crippen LogP contribution is -2.38. The van der Waals surface area contributed by atoms with Crippen LogP contribution in [-0.2, 0) is 14.3 Å². The number of fused-ring (bicyclic) bond motifs is 1. The SMILES string of the molecule is CCCCOC(=O)C1=C(C)NC2=C(C(=O)CC(C)(C)C2)[C@@H]1c1cc2c(cc1[N+](=O)[O-])OCO2. The van der Waals surface area contributed by atoms with Gasteiger partial charge in [0.25, 0.3) is 5.69 Å². The van der Waals surface area contributed by atoms with Crippen molar-refractivity contribution >= 4 is 17.4 Å². The number of hydrogen-bond acceptors (Lipinski definition) is 8. The molecule has 0 radical (unpaired) electrons. The van der Waals surface area contributed by atoms with Crippen molar-refractivity contribution in [1.29, 1.82) is 0 Å². The standard InChI is InChI=1S/C24H28N2O7/c1-5-6-7-31-23(28)20-13(2)25-15-10-24(3,4)11-17(27)22(15)21(20)14-8-18-19(33-12-32-18)9-16(14)26(29)30/h8-9,21,25H,5-7,10-12H2,1-4H3/t21-/m1/s1. The summed E-state index contributed by atoms with van der Waals surface area (Å²) in [7, 11) is 0. The number of nitro groups is 1. The molecular weight excluding hydrogens is 428 g/mol. The van der Waals surface area contributed by atoms with Gasteiger partial charge in [0, 0.05) is 29.0 Å². The van der Waals surface area contributed by atoms with Crippen molar-refractivity contribution in [3.05, 3.63) is 50.4 Å². The minimum absolute atomic E-state index is 0.0516. The molecule has 33 heavy (non-hydrogen) atoms. The van der Waals surface area contributed by atoms with Gasteiger partial charge >= 0.3 is 5.97 Å². The van der Waals surface area contributed by atoms with Crippen LogP contribution in [0.25, 0.3) is 0 Å². The van der Waals surface area contributed by atoms with E-state index in [-0.39, 0.29) is 53.6 Å². The zero-order valence-corrected chi connectivity index (χ0v) is 19.3. The number of unbranched alkanes of at least 4 members (excludes halogenated alkanes) is 1. The van der Waals surface area contributed by atoms with Crippen LogP contribution in [0.4, 0.5) is 5.69 Å². The second-order valence-corrected chi connectivity index (χ2v) is 9.44. The van der Waals surface area contributed by atoms with Crippen molar-refractivity contribution in [3.63, 3.8) is 0 Å². The van der Waals surface area contributed by atoms with Crippen molar-refractivity contribution in [2.45, 2.75) is 59.3 Å². The van der Waals surface area contributed by atoms with Crippen molar-refractivity contribution in [1.82, 2.24) is 5.32 Å². The topological polar surface area (TPSA) is 117 Å². The average molecular weight is 456 g/mol. The zero-order chi connectivity index (χ0) is 23.9. The highest BCUT2D eigenvalue weighted by molar-refractivity contribution is 6.04. The van der Waals surface area contributed by atoms with Crippen LogP contribution >= 0.6 is 0 Å². The maximum Gasteiger partial charge on any atom is 0.336 e. The first kappa shape index (κ1) is 22.8. The van der Waals surface area contributed by atoms with Gasteiger partial charge in [-0.15, -0.1) is 0 Å². The van der Waals surface area contributed by atoms with E-state index in [1.165, 1.54) is 12.1 Å². The minimum Gasteiger partial charge on any atom is -0.462 e. The van der Waals surface area contributed by atoms with E-state index in [2.05, 4.69) is 5.32 Å². The molecule has 0 aromatic heterocycles. The molecule has 1 aromatic rings. The number of rotatable bonds is 6. The van der Waals surface area contributed by atoms with Gasteiger partial charge in [-0.25, -0.2) is 4.79 Å². The van der Waals surface area contributed by atoms with Crippen LogP contribution in [0.15, 0.2) is 34.7 Å². The van der Waals surface area contributed by atoms with Crippen molar-refractivity contribution in [2.75, 3.05) is 13.4 Å². The fourth-order valence-electron chi connectivity index (χ4n) is 4.74. The molecule has 0 bridgehead atoms. The van der Waals surface area contributed by atoms with Crippen LogP contribution in [0.5, 0.6) is 11.5 Å². The summed E-state index contributed by atoms with van der Waals surface area (Å²) in [4.78, 5) is 38.1. The molecule has 0 unspecified atom stereocenters. The summed E-state index contributed by atoms with van der Waals surface area (Å²) in [5, 5.41) is 15.3. The lowest BCUT2D eigenvalue weighted by atomic mass is 9.68. The Kier molecular flexibility index (Phi) is 5.90. The molecular formula is C24H28N2O7. The summed E-state index contributed by atoms with van der Waals surface area (Å²) >= 11 is 0. The van der Waals surface area contributed by atoms with Crippen molar-refractivity contribution in [2.24, 2.45) is 5.41 Å². The van der Waals surface area contributed by atoms with Gasteiger partial charge in [0.2, 0.25) is 6.79 Å². The van der Waals surface area contributed by atoms with E-state index in [0.29, 0.717) is 35.6 Å². The quantitative estimate of drug-likeness (QED) is 0.292. The van der Waals surface area contributed by atoms with Gasteiger partial charge < -0.3 is 19.5 Å². The van der Waals surface area contributed by atoms with Gasteiger partial charge in [-0.05, 0) is 31.2 Å². The fourth-order valence-corrected chi connectivity index (χ4v) is 4.74. The lowest BCUT2D eigenvalue weighted by Gasteiger charge is -2.39. The number of allylic oxidation sites excluding steroid dienone is 3. The third-order valence-corrected chi connectivity index (χ3v) is 6.22. The monoisotopic (exact) mass is 456 g/mol. The molecule has 0 amide bonds. The first-order valence-corrected chi connectivity index (χ1v) is 11.1. The van der Waals surface area contributed by atoms with Gasteiger partial charge in [-0.1, -0.05) is 27.2 Å². The Hall–Kier alpha value is -3.36. The number of ketones is 1. The summed E-state index contributed by atoms with van der Waals surface area (Å²) in [6.07, 6.45) is 2.41. The van der Waals surface area contributed by atoms with Crippen LogP contribution in [0.2, 0.25) is 0 Å². The Bertz CT molecular complexity index is 1100. The number of carbonyl (C=O) groups excluding carboxylic acids is 2. The molecule has 2 aliphatic heterocycles. The molecule has 0 saturated heterocycles. The first-order chi connectivity index (χ1) is 15.6. The van der Waals surface area contributed by atoms with E-state index in [4.69, 9.17) is 14.2 Å². The second-order valence-electron chi connectivity index (χ2n) is 9.44. The van der Waals surface area contributed by atoms with E-state index in [0.717, 1.165) is 6.42 Å². The predicted octanol–water partition coefficient (Wildman–Crippen LogP) is 4.27. The van der Waals surface area contributed by atoms with E-state index in [1.807, 2.05) is 20.8 Å². The van der Waals surface area contributed by atoms with Crippen molar-refractivity contribution < 1.29 is 28.7 Å². The third-order valence-electron chi connectivity index (χ3n) is 6.22. The van der Waals surface area contributed by atoms with Crippen LogP contribution in [-0.4, -0.2) is 30.1 Å². The molecule has 3 aliphatic rings. The summed E-state index contributed by atoms with van der Waals surface area (Å²) in [5.41, 5.74) is 1.52. The number of carbonyl (C=O) groups is 2. The highest BCUT2D eigenvalue weighted by Gasteiger charge is 2.45. The largest absolute Gasteiger partial charge is 0.462 e. The normalized spacial score (nSPS) is 21.0. The highest BCUT2D eigenvalue weighted by atomic mass is 16.7. The van der Waals surface area contributed by atoms with E-state index >= 15 is 0 Å². The zero-order valence-electron chi connectivity index (χ0n) is 19.3. The number of dihydropyridines is 1. The summed E-state index contributed by atoms with van der Waals surface area (Å²) in [6.45, 7) is 7.90. The first-order valence-electron chi connectivity index (χ1n) is 11.1. The summed E-state index contributed by atoms with van der Waals surface area (Å²) < 4.78 is 16.3. The smallest absolute Gasteiger partial charge is 0.336 e. The average Bonchev–Trinajstić information content (AvgIpc) is 3.18. The molecule has 0 spiro atoms. The number of Topliss-reactive ketones (excluding diaryl/α,β-unsaturated/α-hetero) is 1. The number of nitrogens with zero attached hydrogens (tertiary/aromatic N) is 1. The molecule has 1 N–H and O–H groups in total. The molecule has 1 aromatic carbocycles. The maximum absolute atomic E-state index is 13.4. The maximum atomic E-state index is 13.4. The van der Waals surface area contributed by atoms with E-state index in [9.17, 15) is 19.7 Å². The molecule has 4 rings (SSSR count). The summed E-state index contributed by atoms with van der Waals surface area (Å²) in [5.74, 6) is -1.06. The molecule has 2 heterocycles. The molecule has 0 fully saturated rings. The molecule has 0 saturated carbocycles. The van der Waals surface area contributed by atoms with Gasteiger partial charge in [-0.2, -0.15) is 0 Å². The molecule has 176 valence electrons. The Labute approximate surface area is 191 Å². The number of nitrogens with one attached hydrogen (secondary N) is 1. The predicted molar refractivity (Wildman–Crippen MR) is 119 cm³/mol. The van der Waals surface area contributed by atoms with Gasteiger partial charge in [0.15, 0.2) is 17.3 Å². The Morgan fingerprint density at radius 2 is 1.97 bits per heavy atom. The molecule has 1 atom stereocenters. The minimum atomic E-state index is -0.936. The number of benzene rings is 1. The van der Waals surface area contributed by atoms with Crippen LogP contribution in [0.1, 0.15) is 64.9 Å². The molecule has 1 aliphatic carbocycles. The van der Waals surface area contributed by atoms with E-state index in [1.54, 1.807) is 6.92 Å². The Morgan fingerprint density at radius 3 is 2.64 bits per heavy atom. The number of nitro benzene ring substituents is 1. The van der Waals surface area contributed by atoms with Crippen LogP contribution < -0.4 is 14.8 Å². The number of ether oxygens (including phenoxy) is 3. The second kappa shape index (κ2) is 8.53. The number of hydrogen-bond donors (Lipinski definition) is 1. The summed E-state index contributed by atoms with van der Waals surface area (Å²) in [6, 6.07) is 2.81. The van der Waals surface area contributed by atoms with Crippen molar-refractivity contribution in [3.8, 4) is 11.5 Å². The molecule has 9 nitrogen and oxygen atoms in total. The van der Waals surface area contributed by atoms with Gasteiger partial charge in [-0.3, -0.25) is 14.9 Å². The fraction of sp³-hybridized carbons (Fsp3) is 0.500. The van der Waals surface area contributed by atoms with Gasteiger partial charge in [0.05, 0.1) is 29.1 Å². The third kappa shape index (κ3) is 4.19. The molecule has 9 heteroatoms. The van der Waals surface area contributed by atoms with Gasteiger partial charge in [0.1, 0.15) is 0 Å². The van der Waals surface area contributed by atoms with Crippen LogP contribution in [0, 0.1) is 15.5 Å². The highest BCUT2D eigenvalue weighted by Crippen LogP contribution is 2.50. The Balaban J connectivity index is 1.91. The van der Waals surface area contributed by atoms with Crippen LogP contribution in [0.3, 0.4) is 0 Å². The Morgan fingerprint density at radius 1 is 1.27 bits per heavy atom. The number of esters is 1. The van der Waals surface area contributed by atoms with E-state index < -0.39 is 16.8 Å². The lowest BCUT2D eigenvalue weighted by molar-refractivity contribution is -0.385.